The fourth-order valence-corrected chi connectivity index (χ4v) is 2.82. The van der Waals surface area contributed by atoms with Gasteiger partial charge in [0.15, 0.2) is 0 Å². The maximum absolute atomic E-state index is 11.0. The number of likely N-dealkylation sites (N-methyl/N-ethyl adjacent to an activating group) is 1. The zero-order chi connectivity index (χ0) is 13.4. The van der Waals surface area contributed by atoms with Crippen LogP contribution in [-0.2, 0) is 0 Å². The summed E-state index contributed by atoms with van der Waals surface area (Å²) in [5.41, 5.74) is 2.07. The van der Waals surface area contributed by atoms with Gasteiger partial charge in [0.05, 0.1) is 22.9 Å². The van der Waals surface area contributed by atoms with Crippen LogP contribution in [0.2, 0.25) is 0 Å². The van der Waals surface area contributed by atoms with Gasteiger partial charge in [-0.2, -0.15) is 0 Å². The van der Waals surface area contributed by atoms with E-state index in [0.717, 1.165) is 30.5 Å². The molecule has 2 heterocycles. The Morgan fingerprint density at radius 2 is 2.32 bits per heavy atom. The normalized spacial score (nSPS) is 20.8. The lowest BCUT2D eigenvalue weighted by molar-refractivity contribution is 0.0697. The van der Waals surface area contributed by atoms with Crippen molar-refractivity contribution in [3.63, 3.8) is 0 Å². The van der Waals surface area contributed by atoms with Gasteiger partial charge >= 0.3 is 5.97 Å². The fraction of sp³-hybridized carbons (Fsp3) is 0.429. The van der Waals surface area contributed by atoms with Crippen molar-refractivity contribution in [1.29, 1.82) is 0 Å². The summed E-state index contributed by atoms with van der Waals surface area (Å²) in [5.74, 6) is -0.908. The van der Waals surface area contributed by atoms with Crippen molar-refractivity contribution in [1.82, 2.24) is 14.5 Å². The Bertz CT molecular complexity index is 620. The number of carboxylic acid groups (broad SMARTS) is 1. The van der Waals surface area contributed by atoms with Crippen LogP contribution in [0.1, 0.15) is 29.2 Å². The third kappa shape index (κ3) is 2.21. The van der Waals surface area contributed by atoms with Crippen molar-refractivity contribution in [3.05, 3.63) is 30.1 Å². The van der Waals surface area contributed by atoms with E-state index < -0.39 is 5.97 Å². The molecule has 2 aromatic rings. The van der Waals surface area contributed by atoms with E-state index >= 15 is 0 Å². The van der Waals surface area contributed by atoms with E-state index in [1.807, 2.05) is 12.4 Å². The summed E-state index contributed by atoms with van der Waals surface area (Å²) < 4.78 is 2.18. The van der Waals surface area contributed by atoms with Crippen LogP contribution in [0.25, 0.3) is 11.0 Å². The number of hydrogen-bond donors (Lipinski definition) is 1. The van der Waals surface area contributed by atoms with Gasteiger partial charge < -0.3 is 14.6 Å². The first-order chi connectivity index (χ1) is 9.15. The van der Waals surface area contributed by atoms with Crippen molar-refractivity contribution in [3.8, 4) is 0 Å². The monoisotopic (exact) mass is 259 g/mol. The first-order valence-electron chi connectivity index (χ1n) is 6.53. The molecule has 0 amide bonds. The minimum absolute atomic E-state index is 0.290. The number of benzene rings is 1. The van der Waals surface area contributed by atoms with E-state index in [-0.39, 0.29) is 0 Å². The Balaban J connectivity index is 1.98. The molecule has 19 heavy (non-hydrogen) atoms. The minimum Gasteiger partial charge on any atom is -0.478 e. The second-order valence-electron chi connectivity index (χ2n) is 5.22. The van der Waals surface area contributed by atoms with Crippen molar-refractivity contribution >= 4 is 17.0 Å². The van der Waals surface area contributed by atoms with Gasteiger partial charge in [0.1, 0.15) is 0 Å². The number of hydrogen-bond acceptors (Lipinski definition) is 3. The first-order valence-corrected chi connectivity index (χ1v) is 6.53. The van der Waals surface area contributed by atoms with Gasteiger partial charge in [0.25, 0.3) is 0 Å². The number of likely N-dealkylation sites (tertiary alicyclic amines) is 1. The zero-order valence-electron chi connectivity index (χ0n) is 10.9. The summed E-state index contributed by atoms with van der Waals surface area (Å²) in [6.45, 7) is 2.17. The number of nitrogens with zero attached hydrogens (tertiary/aromatic N) is 3. The number of aromatic nitrogens is 2. The lowest BCUT2D eigenvalue weighted by Crippen LogP contribution is -2.33. The summed E-state index contributed by atoms with van der Waals surface area (Å²) in [6.07, 6.45) is 4.17. The largest absolute Gasteiger partial charge is 0.478 e. The molecule has 3 rings (SSSR count). The van der Waals surface area contributed by atoms with E-state index in [1.54, 1.807) is 12.1 Å². The highest BCUT2D eigenvalue weighted by atomic mass is 16.4. The van der Waals surface area contributed by atoms with Gasteiger partial charge in [-0.05, 0) is 44.6 Å². The predicted molar refractivity (Wildman–Crippen MR) is 72.5 cm³/mol. The van der Waals surface area contributed by atoms with E-state index in [2.05, 4.69) is 21.5 Å². The van der Waals surface area contributed by atoms with Gasteiger partial charge in [0, 0.05) is 12.6 Å². The maximum Gasteiger partial charge on any atom is 0.335 e. The summed E-state index contributed by atoms with van der Waals surface area (Å²) in [6, 6.07) is 5.58. The Hall–Kier alpha value is -1.88. The number of carboxylic acids is 1. The third-order valence-corrected chi connectivity index (χ3v) is 3.81. The maximum atomic E-state index is 11.0. The highest BCUT2D eigenvalue weighted by Crippen LogP contribution is 2.25. The molecule has 1 N–H and O–H groups in total. The molecule has 1 aliphatic heterocycles. The molecule has 0 saturated carbocycles. The van der Waals surface area contributed by atoms with Crippen LogP contribution < -0.4 is 0 Å². The second kappa shape index (κ2) is 4.66. The molecule has 100 valence electrons. The second-order valence-corrected chi connectivity index (χ2v) is 5.22. The Morgan fingerprint density at radius 3 is 3.05 bits per heavy atom. The molecule has 1 aromatic heterocycles. The summed E-state index contributed by atoms with van der Waals surface area (Å²) in [7, 11) is 2.13. The molecular formula is C14H17N3O2. The average Bonchev–Trinajstić information content (AvgIpc) is 2.81. The number of fused-ring (bicyclic) bond motifs is 1. The van der Waals surface area contributed by atoms with Crippen LogP contribution >= 0.6 is 0 Å². The number of imidazole rings is 1. The lowest BCUT2D eigenvalue weighted by atomic mass is 10.1. The van der Waals surface area contributed by atoms with E-state index in [1.165, 1.54) is 6.42 Å². The molecule has 1 unspecified atom stereocenters. The van der Waals surface area contributed by atoms with Crippen molar-refractivity contribution in [2.45, 2.75) is 18.9 Å². The fourth-order valence-electron chi connectivity index (χ4n) is 2.82. The van der Waals surface area contributed by atoms with Crippen molar-refractivity contribution in [2.24, 2.45) is 0 Å². The van der Waals surface area contributed by atoms with E-state index in [9.17, 15) is 4.79 Å². The molecule has 0 spiro atoms. The SMILES string of the molecule is CN1CCCC(n2cnc3cc(C(=O)O)ccc32)C1. The smallest absolute Gasteiger partial charge is 0.335 e. The van der Waals surface area contributed by atoms with Gasteiger partial charge in [-0.1, -0.05) is 0 Å². The van der Waals surface area contributed by atoms with Crippen LogP contribution in [0.5, 0.6) is 0 Å². The molecule has 0 radical (unpaired) electrons. The zero-order valence-corrected chi connectivity index (χ0v) is 10.9. The highest BCUT2D eigenvalue weighted by Gasteiger charge is 2.20. The minimum atomic E-state index is -0.908. The van der Waals surface area contributed by atoms with Crippen molar-refractivity contribution < 1.29 is 9.90 Å². The van der Waals surface area contributed by atoms with Crippen LogP contribution in [-0.4, -0.2) is 45.7 Å². The Labute approximate surface area is 111 Å². The van der Waals surface area contributed by atoms with Crippen LogP contribution in [0.4, 0.5) is 0 Å². The third-order valence-electron chi connectivity index (χ3n) is 3.81. The predicted octanol–water partition coefficient (Wildman–Crippen LogP) is 2.00. The molecule has 0 bridgehead atoms. The van der Waals surface area contributed by atoms with E-state index in [0.29, 0.717) is 11.6 Å². The number of aromatic carboxylic acids is 1. The van der Waals surface area contributed by atoms with Gasteiger partial charge in [-0.15, -0.1) is 0 Å². The molecule has 5 nitrogen and oxygen atoms in total. The van der Waals surface area contributed by atoms with Crippen LogP contribution in [0, 0.1) is 0 Å². The van der Waals surface area contributed by atoms with Gasteiger partial charge in [-0.3, -0.25) is 0 Å². The molecule has 1 atom stereocenters. The molecule has 0 aliphatic carbocycles. The quantitative estimate of drug-likeness (QED) is 0.896. The van der Waals surface area contributed by atoms with Gasteiger partial charge in [0.2, 0.25) is 0 Å². The topological polar surface area (TPSA) is 58.4 Å². The van der Waals surface area contributed by atoms with Crippen LogP contribution in [0.15, 0.2) is 24.5 Å². The summed E-state index contributed by atoms with van der Waals surface area (Å²) >= 11 is 0. The molecule has 1 aromatic carbocycles. The molecule has 1 fully saturated rings. The first kappa shape index (κ1) is 12.2. The number of carbonyl (C=O) groups is 1. The molecular weight excluding hydrogens is 242 g/mol. The summed E-state index contributed by atoms with van der Waals surface area (Å²) in [4.78, 5) is 17.6. The van der Waals surface area contributed by atoms with Gasteiger partial charge in [-0.25, -0.2) is 9.78 Å². The van der Waals surface area contributed by atoms with E-state index in [4.69, 9.17) is 5.11 Å². The molecule has 5 heteroatoms. The lowest BCUT2D eigenvalue weighted by Gasteiger charge is -2.30. The highest BCUT2D eigenvalue weighted by molar-refractivity contribution is 5.92. The summed E-state index contributed by atoms with van der Waals surface area (Å²) in [5, 5.41) is 8.99. The van der Waals surface area contributed by atoms with Crippen LogP contribution in [0.3, 0.4) is 0 Å². The standard InChI is InChI=1S/C14H17N3O2/c1-16-6-2-3-11(8-16)17-9-15-12-7-10(14(18)19)4-5-13(12)17/h4-5,7,9,11H,2-3,6,8H2,1H3,(H,18,19). The average molecular weight is 259 g/mol. The molecule has 1 aliphatic rings. The van der Waals surface area contributed by atoms with Crippen molar-refractivity contribution in [2.75, 3.05) is 20.1 Å². The Morgan fingerprint density at radius 1 is 1.47 bits per heavy atom. The number of piperidine rings is 1. The number of rotatable bonds is 2. The molecule has 1 saturated heterocycles. The Kier molecular flexibility index (Phi) is 2.98.